The van der Waals surface area contributed by atoms with Crippen molar-refractivity contribution in [2.24, 2.45) is 0 Å². The summed E-state index contributed by atoms with van der Waals surface area (Å²) >= 11 is 0. The van der Waals surface area contributed by atoms with Crippen LogP contribution in [0.5, 0.6) is 0 Å². The van der Waals surface area contributed by atoms with Gasteiger partial charge in [-0.05, 0) is 148 Å². The smallest absolute Gasteiger partial charge is 0.306 e. The Morgan fingerprint density at radius 2 is 0.519 bits per heavy atom. The maximum atomic E-state index is 12.8. The Kier molecular flexibility index (Phi) is 58.6. The van der Waals surface area contributed by atoms with E-state index in [-0.39, 0.29) is 38.0 Å². The second-order valence-electron chi connectivity index (χ2n) is 19.1. The predicted molar refractivity (Wildman–Crippen MR) is 334 cm³/mol. The molecule has 0 aliphatic heterocycles. The molecule has 0 fully saturated rings. The lowest BCUT2D eigenvalue weighted by Crippen LogP contribution is -2.30. The molecule has 0 amide bonds. The zero-order valence-electron chi connectivity index (χ0n) is 48.9. The first-order valence-electron chi connectivity index (χ1n) is 30.3. The minimum Gasteiger partial charge on any atom is -0.462 e. The monoisotopic (exact) mass is 1060 g/mol. The van der Waals surface area contributed by atoms with Crippen molar-refractivity contribution in [3.63, 3.8) is 0 Å². The maximum Gasteiger partial charge on any atom is 0.306 e. The van der Waals surface area contributed by atoms with Crippen molar-refractivity contribution >= 4 is 17.9 Å². The molecule has 6 heteroatoms. The summed E-state index contributed by atoms with van der Waals surface area (Å²) in [5.74, 6) is -1.07. The van der Waals surface area contributed by atoms with E-state index in [0.717, 1.165) is 135 Å². The molecule has 77 heavy (non-hydrogen) atoms. The lowest BCUT2D eigenvalue weighted by Gasteiger charge is -2.18. The van der Waals surface area contributed by atoms with E-state index in [0.29, 0.717) is 19.3 Å². The van der Waals surface area contributed by atoms with E-state index < -0.39 is 12.1 Å². The average molecular weight is 1060 g/mol. The summed E-state index contributed by atoms with van der Waals surface area (Å²) in [6.07, 6.45) is 94.7. The summed E-state index contributed by atoms with van der Waals surface area (Å²) in [4.78, 5) is 38.2. The van der Waals surface area contributed by atoms with Crippen LogP contribution in [0.4, 0.5) is 0 Å². The van der Waals surface area contributed by atoms with E-state index in [9.17, 15) is 14.4 Å². The molecule has 6 nitrogen and oxygen atoms in total. The molecule has 0 radical (unpaired) electrons. The molecule has 0 aromatic rings. The van der Waals surface area contributed by atoms with Crippen molar-refractivity contribution in [3.05, 3.63) is 182 Å². The summed E-state index contributed by atoms with van der Waals surface area (Å²) < 4.78 is 16.8. The third-order valence-corrected chi connectivity index (χ3v) is 11.9. The van der Waals surface area contributed by atoms with Gasteiger partial charge in [0.25, 0.3) is 0 Å². The third-order valence-electron chi connectivity index (χ3n) is 11.9. The molecule has 0 aromatic carbocycles. The van der Waals surface area contributed by atoms with Crippen LogP contribution in [0.1, 0.15) is 226 Å². The fourth-order valence-electron chi connectivity index (χ4n) is 7.41. The number of esters is 3. The molecule has 1 unspecified atom stereocenters. The molecule has 0 aromatic heterocycles. The first kappa shape index (κ1) is 71.5. The molecule has 428 valence electrons. The molecule has 1 atom stereocenters. The van der Waals surface area contributed by atoms with E-state index in [2.05, 4.69) is 203 Å². The Morgan fingerprint density at radius 1 is 0.273 bits per heavy atom. The molecule has 0 rings (SSSR count). The molecule has 0 aliphatic rings. The second kappa shape index (κ2) is 63.0. The Hall–Kier alpha value is -5.49. The number of carbonyl (C=O) groups excluding carboxylic acids is 3. The molecule has 0 saturated heterocycles. The van der Waals surface area contributed by atoms with Crippen molar-refractivity contribution in [2.75, 3.05) is 13.2 Å². The van der Waals surface area contributed by atoms with Crippen molar-refractivity contribution in [1.82, 2.24) is 0 Å². The van der Waals surface area contributed by atoms with Gasteiger partial charge >= 0.3 is 17.9 Å². The highest BCUT2D eigenvalue weighted by Crippen LogP contribution is 2.12. The van der Waals surface area contributed by atoms with E-state index >= 15 is 0 Å². The first-order chi connectivity index (χ1) is 38.0. The summed E-state index contributed by atoms with van der Waals surface area (Å²) in [6, 6.07) is 0. The topological polar surface area (TPSA) is 78.9 Å². The van der Waals surface area contributed by atoms with Crippen LogP contribution in [0.15, 0.2) is 182 Å². The average Bonchev–Trinajstić information content (AvgIpc) is 3.43. The van der Waals surface area contributed by atoms with Crippen molar-refractivity contribution in [2.45, 2.75) is 232 Å². The van der Waals surface area contributed by atoms with Gasteiger partial charge in [-0.15, -0.1) is 0 Å². The van der Waals surface area contributed by atoms with Gasteiger partial charge in [0.1, 0.15) is 13.2 Å². The SMILES string of the molecule is CC/C=C\C/C=C\C/C=C\C/C=C\C/C=C\C/C=C\C/C=C\C/C=C\C/C=C\CCCC(=O)OCC(COC(=O)CCCCCCC/C=C\CCCCCC)OC(=O)CCC/C=C\C/C=C\C/C=C\C/C=C\C/C=C\CC. The normalized spacial score (nSPS) is 13.4. The summed E-state index contributed by atoms with van der Waals surface area (Å²) in [5.41, 5.74) is 0. The fourth-order valence-corrected chi connectivity index (χ4v) is 7.41. The molecule has 0 spiro atoms. The Balaban J connectivity index is 4.54. The Labute approximate surface area is 472 Å². The van der Waals surface area contributed by atoms with Gasteiger partial charge < -0.3 is 14.2 Å². The highest BCUT2D eigenvalue weighted by atomic mass is 16.6. The van der Waals surface area contributed by atoms with Crippen LogP contribution in [0.25, 0.3) is 0 Å². The zero-order chi connectivity index (χ0) is 55.7. The molecule has 0 aliphatic carbocycles. The van der Waals surface area contributed by atoms with Crippen LogP contribution in [0.2, 0.25) is 0 Å². The van der Waals surface area contributed by atoms with Crippen LogP contribution in [-0.2, 0) is 28.6 Å². The van der Waals surface area contributed by atoms with Crippen molar-refractivity contribution in [3.8, 4) is 0 Å². The molecule has 0 heterocycles. The van der Waals surface area contributed by atoms with E-state index in [1.54, 1.807) is 0 Å². The fraction of sp³-hybridized carbons (Fsp3) is 0.535. The molecular weight excluding hydrogens is 949 g/mol. The van der Waals surface area contributed by atoms with Crippen LogP contribution in [-0.4, -0.2) is 37.2 Å². The van der Waals surface area contributed by atoms with Crippen molar-refractivity contribution < 1.29 is 28.6 Å². The largest absolute Gasteiger partial charge is 0.462 e. The summed E-state index contributed by atoms with van der Waals surface area (Å²) in [5, 5.41) is 0. The summed E-state index contributed by atoms with van der Waals surface area (Å²) in [7, 11) is 0. The third kappa shape index (κ3) is 61.2. The van der Waals surface area contributed by atoms with E-state index in [1.165, 1.54) is 38.5 Å². The van der Waals surface area contributed by atoms with Crippen LogP contribution in [0.3, 0.4) is 0 Å². The van der Waals surface area contributed by atoms with Gasteiger partial charge in [0.2, 0.25) is 0 Å². The van der Waals surface area contributed by atoms with Crippen LogP contribution in [0, 0.1) is 0 Å². The highest BCUT2D eigenvalue weighted by Gasteiger charge is 2.19. The van der Waals surface area contributed by atoms with E-state index in [1.807, 2.05) is 0 Å². The molecular formula is C71H108O6. The number of unbranched alkanes of at least 4 members (excludes halogenated alkanes) is 11. The highest BCUT2D eigenvalue weighted by molar-refractivity contribution is 5.71. The lowest BCUT2D eigenvalue weighted by molar-refractivity contribution is -0.167. The first-order valence-corrected chi connectivity index (χ1v) is 30.3. The number of allylic oxidation sites excluding steroid dienone is 30. The van der Waals surface area contributed by atoms with Gasteiger partial charge in [0, 0.05) is 19.3 Å². The van der Waals surface area contributed by atoms with Gasteiger partial charge in [0.15, 0.2) is 6.10 Å². The van der Waals surface area contributed by atoms with Crippen LogP contribution >= 0.6 is 0 Å². The lowest BCUT2D eigenvalue weighted by atomic mass is 10.1. The van der Waals surface area contributed by atoms with Crippen molar-refractivity contribution in [1.29, 1.82) is 0 Å². The molecule has 0 N–H and O–H groups in total. The Bertz CT molecular complexity index is 1840. The zero-order valence-corrected chi connectivity index (χ0v) is 48.9. The summed E-state index contributed by atoms with van der Waals surface area (Å²) in [6.45, 7) is 6.27. The van der Waals surface area contributed by atoms with Gasteiger partial charge in [-0.3, -0.25) is 14.4 Å². The molecule has 0 bridgehead atoms. The van der Waals surface area contributed by atoms with E-state index in [4.69, 9.17) is 14.2 Å². The maximum absolute atomic E-state index is 12.8. The quantitative estimate of drug-likeness (QED) is 0.0261. The van der Waals surface area contributed by atoms with Gasteiger partial charge in [-0.1, -0.05) is 242 Å². The number of hydrogen-bond donors (Lipinski definition) is 0. The number of rotatable bonds is 52. The predicted octanol–water partition coefficient (Wildman–Crippen LogP) is 20.9. The minimum atomic E-state index is -0.845. The number of hydrogen-bond acceptors (Lipinski definition) is 6. The van der Waals surface area contributed by atoms with Gasteiger partial charge in [-0.2, -0.15) is 0 Å². The molecule has 0 saturated carbocycles. The second-order valence-corrected chi connectivity index (χ2v) is 19.1. The Morgan fingerprint density at radius 3 is 0.857 bits per heavy atom. The van der Waals surface area contributed by atoms with Gasteiger partial charge in [0.05, 0.1) is 0 Å². The van der Waals surface area contributed by atoms with Gasteiger partial charge in [-0.25, -0.2) is 0 Å². The minimum absolute atomic E-state index is 0.132. The number of ether oxygens (including phenoxy) is 3. The van der Waals surface area contributed by atoms with Crippen LogP contribution < -0.4 is 0 Å². The number of carbonyl (C=O) groups is 3. The standard InChI is InChI=1S/C71H108O6/c1-4-7-10-13-16-19-22-25-27-29-30-31-32-33-34-35-36-37-38-39-40-42-43-46-49-52-55-58-61-64-70(73)76-67-68(66-75-69(72)63-60-57-54-51-48-45-24-21-18-15-12-9-6-3)77-71(74)65-62-59-56-53-50-47-44-41-28-26-23-20-17-14-11-8-5-2/h7-8,10-11,16-17,19-21,24-28,30-31,33-34,36-37,39-40,43-44,46-47,52-53,55-56,68H,4-6,9,12-15,18,22-23,29,32,35,38,41-42,45,48-51,54,57-67H2,1-3H3/b10-7-,11-8-,19-16-,20-17-,24-21-,27-25-,28-26-,31-30-,34-33-,37-36-,40-39-,46-43-,47-44-,55-52-,56-53-.